The quantitative estimate of drug-likeness (QED) is 0.654. The molecule has 1 aromatic heterocycles. The summed E-state index contributed by atoms with van der Waals surface area (Å²) in [7, 11) is 1.68. The molecular formula is C22H23NO4. The lowest BCUT2D eigenvalue weighted by Gasteiger charge is -2.30. The molecule has 4 rings (SSSR count). The average Bonchev–Trinajstić information content (AvgIpc) is 2.68. The first-order chi connectivity index (χ1) is 13.1. The molecule has 1 aliphatic heterocycles. The van der Waals surface area contributed by atoms with Gasteiger partial charge in [0, 0.05) is 35.7 Å². The van der Waals surface area contributed by atoms with Gasteiger partial charge in [-0.1, -0.05) is 19.1 Å². The summed E-state index contributed by atoms with van der Waals surface area (Å²) in [6, 6.07) is 11.8. The van der Waals surface area contributed by atoms with Gasteiger partial charge < -0.3 is 13.9 Å². The van der Waals surface area contributed by atoms with Crippen LogP contribution in [0.5, 0.6) is 11.5 Å². The zero-order chi connectivity index (χ0) is 19.0. The molecule has 0 amide bonds. The number of fused-ring (bicyclic) bond motifs is 2. The van der Waals surface area contributed by atoms with Crippen molar-refractivity contribution in [2.75, 3.05) is 13.8 Å². The van der Waals surface area contributed by atoms with E-state index in [2.05, 4.69) is 24.0 Å². The first kappa shape index (κ1) is 17.6. The van der Waals surface area contributed by atoms with E-state index in [1.54, 1.807) is 13.2 Å². The molecule has 0 aliphatic carbocycles. The van der Waals surface area contributed by atoms with E-state index in [0.29, 0.717) is 12.3 Å². The predicted octanol–water partition coefficient (Wildman–Crippen LogP) is 4.02. The molecule has 0 saturated heterocycles. The summed E-state index contributed by atoms with van der Waals surface area (Å²) >= 11 is 0. The maximum atomic E-state index is 11.9. The Hall–Kier alpha value is -2.79. The van der Waals surface area contributed by atoms with Crippen LogP contribution in [0.15, 0.2) is 45.6 Å². The van der Waals surface area contributed by atoms with E-state index in [9.17, 15) is 4.79 Å². The minimum absolute atomic E-state index is 0.308. The third-order valence-corrected chi connectivity index (χ3v) is 5.08. The van der Waals surface area contributed by atoms with Gasteiger partial charge in [0.2, 0.25) is 0 Å². The van der Waals surface area contributed by atoms with Crippen LogP contribution in [0.4, 0.5) is 0 Å². The minimum Gasteiger partial charge on any atom is -0.497 e. The molecule has 5 nitrogen and oxygen atoms in total. The predicted molar refractivity (Wildman–Crippen MR) is 104 cm³/mol. The van der Waals surface area contributed by atoms with Gasteiger partial charge in [0.1, 0.15) is 23.8 Å². The Morgan fingerprint density at radius 2 is 2.07 bits per heavy atom. The van der Waals surface area contributed by atoms with Gasteiger partial charge in [0.25, 0.3) is 0 Å². The Morgan fingerprint density at radius 3 is 2.85 bits per heavy atom. The van der Waals surface area contributed by atoms with Crippen LogP contribution in [0.1, 0.15) is 29.2 Å². The second kappa shape index (κ2) is 7.08. The SMILES string of the molecule is CCc1cc(=O)oc2c(C)c3c(cc12)CN(Cc1cccc(OC)c1)CO3. The first-order valence-electron chi connectivity index (χ1n) is 9.16. The molecular weight excluding hydrogens is 342 g/mol. The molecule has 1 aliphatic rings. The summed E-state index contributed by atoms with van der Waals surface area (Å²) in [6.45, 7) is 6.06. The highest BCUT2D eigenvalue weighted by molar-refractivity contribution is 5.86. The zero-order valence-electron chi connectivity index (χ0n) is 15.9. The van der Waals surface area contributed by atoms with Crippen LogP contribution in [0.2, 0.25) is 0 Å². The molecule has 0 atom stereocenters. The molecule has 0 bridgehead atoms. The molecule has 0 spiro atoms. The number of hydrogen-bond acceptors (Lipinski definition) is 5. The molecule has 2 aromatic carbocycles. The Kier molecular flexibility index (Phi) is 4.62. The van der Waals surface area contributed by atoms with E-state index in [1.807, 2.05) is 25.1 Å². The van der Waals surface area contributed by atoms with Crippen LogP contribution < -0.4 is 15.1 Å². The number of methoxy groups -OCH3 is 1. The number of aryl methyl sites for hydroxylation is 2. The largest absolute Gasteiger partial charge is 0.497 e. The van der Waals surface area contributed by atoms with E-state index in [-0.39, 0.29) is 5.63 Å². The highest BCUT2D eigenvalue weighted by atomic mass is 16.5. The molecule has 0 N–H and O–H groups in total. The van der Waals surface area contributed by atoms with Crippen molar-refractivity contribution in [3.63, 3.8) is 0 Å². The maximum absolute atomic E-state index is 11.9. The lowest BCUT2D eigenvalue weighted by molar-refractivity contribution is 0.0880. The van der Waals surface area contributed by atoms with Crippen molar-refractivity contribution in [1.82, 2.24) is 4.90 Å². The fourth-order valence-electron chi connectivity index (χ4n) is 3.76. The number of ether oxygens (including phenoxy) is 2. The molecule has 2 heterocycles. The van der Waals surface area contributed by atoms with Gasteiger partial charge in [-0.3, -0.25) is 4.90 Å². The molecule has 0 radical (unpaired) electrons. The van der Waals surface area contributed by atoms with E-state index in [1.165, 1.54) is 5.56 Å². The summed E-state index contributed by atoms with van der Waals surface area (Å²) in [5, 5.41) is 1.00. The first-order valence-corrected chi connectivity index (χ1v) is 9.16. The van der Waals surface area contributed by atoms with Crippen molar-refractivity contribution in [1.29, 1.82) is 0 Å². The summed E-state index contributed by atoms with van der Waals surface area (Å²) in [6.07, 6.45) is 0.786. The van der Waals surface area contributed by atoms with Crippen LogP contribution in [0.3, 0.4) is 0 Å². The third-order valence-electron chi connectivity index (χ3n) is 5.08. The van der Waals surface area contributed by atoms with Crippen LogP contribution in [-0.2, 0) is 19.5 Å². The van der Waals surface area contributed by atoms with E-state index in [0.717, 1.165) is 53.1 Å². The Labute approximate surface area is 158 Å². The summed E-state index contributed by atoms with van der Waals surface area (Å²) in [5.41, 5.74) is 4.54. The van der Waals surface area contributed by atoms with E-state index < -0.39 is 0 Å². The second-order valence-electron chi connectivity index (χ2n) is 6.92. The van der Waals surface area contributed by atoms with Gasteiger partial charge >= 0.3 is 5.63 Å². The molecule has 0 fully saturated rings. The molecule has 140 valence electrons. The highest BCUT2D eigenvalue weighted by Gasteiger charge is 2.23. The van der Waals surface area contributed by atoms with E-state index >= 15 is 0 Å². The van der Waals surface area contributed by atoms with Crippen LogP contribution in [0, 0.1) is 6.92 Å². The number of benzene rings is 2. The monoisotopic (exact) mass is 365 g/mol. The van der Waals surface area contributed by atoms with E-state index in [4.69, 9.17) is 13.9 Å². The van der Waals surface area contributed by atoms with Gasteiger partial charge in [-0.15, -0.1) is 0 Å². The fraction of sp³-hybridized carbons (Fsp3) is 0.318. The molecule has 0 saturated carbocycles. The van der Waals surface area contributed by atoms with Gasteiger partial charge in [0.15, 0.2) is 0 Å². The van der Waals surface area contributed by atoms with Gasteiger partial charge in [-0.2, -0.15) is 0 Å². The minimum atomic E-state index is -0.308. The summed E-state index contributed by atoms with van der Waals surface area (Å²) in [5.74, 6) is 1.69. The van der Waals surface area contributed by atoms with Crippen molar-refractivity contribution >= 4 is 11.0 Å². The Balaban J connectivity index is 1.68. The van der Waals surface area contributed by atoms with Crippen molar-refractivity contribution in [2.24, 2.45) is 0 Å². The molecule has 3 aromatic rings. The van der Waals surface area contributed by atoms with Crippen molar-refractivity contribution in [2.45, 2.75) is 33.4 Å². The van der Waals surface area contributed by atoms with Crippen molar-refractivity contribution in [3.05, 3.63) is 69.1 Å². The number of rotatable bonds is 4. The average molecular weight is 365 g/mol. The Morgan fingerprint density at radius 1 is 1.22 bits per heavy atom. The lowest BCUT2D eigenvalue weighted by Crippen LogP contribution is -2.32. The number of nitrogens with zero attached hydrogens (tertiary/aromatic N) is 1. The number of hydrogen-bond donors (Lipinski definition) is 0. The Bertz CT molecular complexity index is 1050. The molecule has 27 heavy (non-hydrogen) atoms. The molecule has 0 unspecified atom stereocenters. The lowest BCUT2D eigenvalue weighted by atomic mass is 9.99. The van der Waals surface area contributed by atoms with Gasteiger partial charge in [0.05, 0.1) is 7.11 Å². The maximum Gasteiger partial charge on any atom is 0.336 e. The normalized spacial score (nSPS) is 14.0. The standard InChI is InChI=1S/C22H23NO4/c1-4-16-10-20(24)27-22-14(2)21-17(9-19(16)22)12-23(13-26-21)11-15-6-5-7-18(8-15)25-3/h5-10H,4,11-13H2,1-3H3. The smallest absolute Gasteiger partial charge is 0.336 e. The van der Waals surface area contributed by atoms with Crippen LogP contribution in [-0.4, -0.2) is 18.7 Å². The van der Waals surface area contributed by atoms with Crippen molar-refractivity contribution in [3.8, 4) is 11.5 Å². The fourth-order valence-corrected chi connectivity index (χ4v) is 3.76. The van der Waals surface area contributed by atoms with Crippen LogP contribution in [0.25, 0.3) is 11.0 Å². The van der Waals surface area contributed by atoms with Crippen molar-refractivity contribution < 1.29 is 13.9 Å². The third kappa shape index (κ3) is 3.30. The molecule has 5 heteroatoms. The van der Waals surface area contributed by atoms with Gasteiger partial charge in [-0.25, -0.2) is 4.79 Å². The summed E-state index contributed by atoms with van der Waals surface area (Å²) < 4.78 is 16.8. The van der Waals surface area contributed by atoms with Crippen LogP contribution >= 0.6 is 0 Å². The topological polar surface area (TPSA) is 51.9 Å². The highest BCUT2D eigenvalue weighted by Crippen LogP contribution is 2.36. The van der Waals surface area contributed by atoms with Gasteiger partial charge in [-0.05, 0) is 42.7 Å². The summed E-state index contributed by atoms with van der Waals surface area (Å²) in [4.78, 5) is 14.1. The second-order valence-corrected chi connectivity index (χ2v) is 6.92. The zero-order valence-corrected chi connectivity index (χ0v) is 15.9.